The third-order valence-electron chi connectivity index (χ3n) is 0.405. The van der Waals surface area contributed by atoms with Gasteiger partial charge in [-0.15, -0.1) is 0 Å². The van der Waals surface area contributed by atoms with E-state index in [1.807, 2.05) is 0 Å². The fraction of sp³-hybridized carbons (Fsp3) is 1.00. The second kappa shape index (κ2) is 5.35. The Hall–Kier alpha value is 0.350. The first-order chi connectivity index (χ1) is 2.91. The van der Waals surface area contributed by atoms with Crippen molar-refractivity contribution in [2.24, 2.45) is 0 Å². The quantitative estimate of drug-likeness (QED) is 0.385. The first-order valence-electron chi connectivity index (χ1n) is 1.72. The molecule has 0 fully saturated rings. The Balaban J connectivity index is 2.34. The van der Waals surface area contributed by atoms with Gasteiger partial charge in [0, 0.05) is 16.6 Å². The Labute approximate surface area is 40.1 Å². The molecule has 1 unspecified atom stereocenters. The summed E-state index contributed by atoms with van der Waals surface area (Å²) in [6.07, 6.45) is 0. The molecular formula is C3H9O2P. The predicted octanol–water partition coefficient (Wildman–Crippen LogP) is 0.440. The lowest BCUT2D eigenvalue weighted by atomic mass is 10.8. The number of hydrogen-bond donors (Lipinski definition) is 0. The summed E-state index contributed by atoms with van der Waals surface area (Å²) >= 11 is 0. The van der Waals surface area contributed by atoms with Crippen LogP contribution in [0.15, 0.2) is 0 Å². The molecule has 0 bridgehead atoms. The highest BCUT2D eigenvalue weighted by atomic mass is 31.0. The highest BCUT2D eigenvalue weighted by molar-refractivity contribution is 7.09. The van der Waals surface area contributed by atoms with Gasteiger partial charge < -0.3 is 9.26 Å². The molecule has 6 heavy (non-hydrogen) atoms. The van der Waals surface area contributed by atoms with E-state index in [1.165, 1.54) is 0 Å². The molecule has 2 nitrogen and oxygen atoms in total. The predicted molar refractivity (Wildman–Crippen MR) is 27.5 cm³/mol. The SMILES string of the molecule is COCCOP. The maximum atomic E-state index is 4.64. The van der Waals surface area contributed by atoms with Crippen molar-refractivity contribution in [2.45, 2.75) is 0 Å². The zero-order valence-electron chi connectivity index (χ0n) is 3.81. The van der Waals surface area contributed by atoms with Crippen molar-refractivity contribution in [1.82, 2.24) is 0 Å². The molecule has 0 aliphatic heterocycles. The molecule has 3 heteroatoms. The van der Waals surface area contributed by atoms with E-state index in [0.29, 0.717) is 13.2 Å². The number of hydrogen-bond acceptors (Lipinski definition) is 2. The summed E-state index contributed by atoms with van der Waals surface area (Å²) in [6.45, 7) is 1.32. The van der Waals surface area contributed by atoms with E-state index in [9.17, 15) is 0 Å². The second-order valence-electron chi connectivity index (χ2n) is 0.864. The molecule has 0 aromatic heterocycles. The zero-order valence-corrected chi connectivity index (χ0v) is 4.96. The monoisotopic (exact) mass is 108 g/mol. The first-order valence-corrected chi connectivity index (χ1v) is 2.19. The van der Waals surface area contributed by atoms with Crippen molar-refractivity contribution in [3.63, 3.8) is 0 Å². The van der Waals surface area contributed by atoms with E-state index in [4.69, 9.17) is 0 Å². The van der Waals surface area contributed by atoms with Crippen LogP contribution in [-0.2, 0) is 9.26 Å². The van der Waals surface area contributed by atoms with Crippen LogP contribution in [0.2, 0.25) is 0 Å². The Morgan fingerprint density at radius 1 is 1.50 bits per heavy atom. The summed E-state index contributed by atoms with van der Waals surface area (Å²) in [5, 5.41) is 0. The molecule has 0 radical (unpaired) electrons. The average molecular weight is 108 g/mol. The van der Waals surface area contributed by atoms with Crippen LogP contribution in [0.5, 0.6) is 0 Å². The Morgan fingerprint density at radius 3 is 2.33 bits per heavy atom. The van der Waals surface area contributed by atoms with Crippen molar-refractivity contribution in [2.75, 3.05) is 20.3 Å². The minimum absolute atomic E-state index is 0.654. The van der Waals surface area contributed by atoms with Gasteiger partial charge in [-0.25, -0.2) is 0 Å². The molecule has 0 saturated heterocycles. The van der Waals surface area contributed by atoms with Gasteiger partial charge in [-0.05, 0) is 0 Å². The molecule has 0 amide bonds. The minimum Gasteiger partial charge on any atom is -0.382 e. The van der Waals surface area contributed by atoms with Gasteiger partial charge in [0.2, 0.25) is 0 Å². The fourth-order valence-electron chi connectivity index (χ4n) is 0.131. The molecule has 0 aliphatic rings. The topological polar surface area (TPSA) is 18.5 Å². The molecule has 0 saturated carbocycles. The third kappa shape index (κ3) is 4.35. The summed E-state index contributed by atoms with van der Waals surface area (Å²) in [5.41, 5.74) is 0. The van der Waals surface area contributed by atoms with Crippen LogP contribution in [0, 0.1) is 0 Å². The summed E-state index contributed by atoms with van der Waals surface area (Å²) in [7, 11) is 3.79. The van der Waals surface area contributed by atoms with Crippen molar-refractivity contribution >= 4 is 9.47 Å². The number of methoxy groups -OCH3 is 1. The first kappa shape index (κ1) is 6.35. The maximum Gasteiger partial charge on any atom is 0.0736 e. The van der Waals surface area contributed by atoms with Crippen LogP contribution in [0.25, 0.3) is 0 Å². The van der Waals surface area contributed by atoms with Crippen LogP contribution in [0.1, 0.15) is 0 Å². The van der Waals surface area contributed by atoms with Gasteiger partial charge in [-0.2, -0.15) is 0 Å². The van der Waals surface area contributed by atoms with Crippen LogP contribution in [-0.4, -0.2) is 20.3 Å². The lowest BCUT2D eigenvalue weighted by Crippen LogP contribution is -1.93. The van der Waals surface area contributed by atoms with Crippen molar-refractivity contribution < 1.29 is 9.26 Å². The standard InChI is InChI=1S/C3H9O2P/c1-4-2-3-5-6/h2-3,6H2,1H3. The van der Waals surface area contributed by atoms with Crippen LogP contribution >= 0.6 is 9.47 Å². The molecule has 0 aromatic carbocycles. The van der Waals surface area contributed by atoms with E-state index in [-0.39, 0.29) is 0 Å². The van der Waals surface area contributed by atoms with Crippen LogP contribution in [0.4, 0.5) is 0 Å². The Bertz CT molecular complexity index is 20.8. The van der Waals surface area contributed by atoms with Gasteiger partial charge in [0.1, 0.15) is 0 Å². The van der Waals surface area contributed by atoms with Gasteiger partial charge in [0.15, 0.2) is 0 Å². The van der Waals surface area contributed by atoms with E-state index in [2.05, 4.69) is 18.7 Å². The second-order valence-corrected chi connectivity index (χ2v) is 1.20. The normalized spacial score (nSPS) is 9.00. The lowest BCUT2D eigenvalue weighted by Gasteiger charge is -1.91. The van der Waals surface area contributed by atoms with Crippen molar-refractivity contribution in [1.29, 1.82) is 0 Å². The fourth-order valence-corrected chi connectivity index (χ4v) is 0.228. The molecule has 38 valence electrons. The van der Waals surface area contributed by atoms with Crippen molar-refractivity contribution in [3.8, 4) is 0 Å². The number of rotatable bonds is 3. The highest BCUT2D eigenvalue weighted by Gasteiger charge is 1.73. The average Bonchev–Trinajstić information content (AvgIpc) is 1.61. The van der Waals surface area contributed by atoms with E-state index in [1.54, 1.807) is 7.11 Å². The highest BCUT2D eigenvalue weighted by Crippen LogP contribution is 1.81. The molecule has 0 N–H and O–H groups in total. The van der Waals surface area contributed by atoms with Gasteiger partial charge in [-0.1, -0.05) is 0 Å². The molecule has 0 heterocycles. The smallest absolute Gasteiger partial charge is 0.0736 e. The van der Waals surface area contributed by atoms with Gasteiger partial charge >= 0.3 is 0 Å². The van der Waals surface area contributed by atoms with Crippen LogP contribution in [0.3, 0.4) is 0 Å². The Morgan fingerprint density at radius 2 is 2.17 bits per heavy atom. The zero-order chi connectivity index (χ0) is 4.83. The molecular weight excluding hydrogens is 99.0 g/mol. The largest absolute Gasteiger partial charge is 0.382 e. The summed E-state index contributed by atoms with van der Waals surface area (Å²) < 4.78 is 9.22. The van der Waals surface area contributed by atoms with Gasteiger partial charge in [0.25, 0.3) is 0 Å². The summed E-state index contributed by atoms with van der Waals surface area (Å²) in [5.74, 6) is 0. The molecule has 0 rings (SSSR count). The van der Waals surface area contributed by atoms with Crippen LogP contribution < -0.4 is 0 Å². The van der Waals surface area contributed by atoms with Crippen molar-refractivity contribution in [3.05, 3.63) is 0 Å². The van der Waals surface area contributed by atoms with E-state index >= 15 is 0 Å². The molecule has 0 aliphatic carbocycles. The molecule has 0 spiro atoms. The Kier molecular flexibility index (Phi) is 5.66. The minimum atomic E-state index is 0.654. The van der Waals surface area contributed by atoms with Gasteiger partial charge in [-0.3, -0.25) is 0 Å². The number of ether oxygens (including phenoxy) is 1. The molecule has 0 aromatic rings. The van der Waals surface area contributed by atoms with E-state index in [0.717, 1.165) is 0 Å². The van der Waals surface area contributed by atoms with E-state index < -0.39 is 0 Å². The lowest BCUT2D eigenvalue weighted by molar-refractivity contribution is 0.156. The maximum absolute atomic E-state index is 4.64. The summed E-state index contributed by atoms with van der Waals surface area (Å²) in [4.78, 5) is 0. The van der Waals surface area contributed by atoms with Gasteiger partial charge in [0.05, 0.1) is 13.2 Å². The molecule has 1 atom stereocenters. The third-order valence-corrected chi connectivity index (χ3v) is 0.641. The summed E-state index contributed by atoms with van der Waals surface area (Å²) in [6, 6.07) is 0.